The first kappa shape index (κ1) is 22.1. The van der Waals surface area contributed by atoms with Gasteiger partial charge in [-0.1, -0.05) is 20.3 Å². The van der Waals surface area contributed by atoms with Gasteiger partial charge in [-0.3, -0.25) is 14.3 Å². The number of halogens is 1. The highest BCUT2D eigenvalue weighted by Crippen LogP contribution is 2.19. The van der Waals surface area contributed by atoms with Crippen molar-refractivity contribution in [1.29, 1.82) is 0 Å². The number of aromatic nitrogens is 5. The summed E-state index contributed by atoms with van der Waals surface area (Å²) in [5, 5.41) is 3.05. The number of nitrogens with one attached hydrogen (secondary N) is 1. The van der Waals surface area contributed by atoms with Gasteiger partial charge in [-0.15, -0.1) is 0 Å². The van der Waals surface area contributed by atoms with Crippen LogP contribution in [0.1, 0.15) is 45.3 Å². The molecule has 0 aliphatic carbocycles. The molecule has 0 aliphatic heterocycles. The van der Waals surface area contributed by atoms with Gasteiger partial charge in [-0.05, 0) is 37.1 Å². The maximum absolute atomic E-state index is 13.1. The van der Waals surface area contributed by atoms with E-state index in [0.717, 1.165) is 12.8 Å². The molecule has 3 aromatic rings. The smallest absolute Gasteiger partial charge is 0.295 e. The Bertz CT molecular complexity index is 1210. The van der Waals surface area contributed by atoms with Crippen LogP contribution in [0.4, 0.5) is 5.82 Å². The van der Waals surface area contributed by atoms with Gasteiger partial charge in [0, 0.05) is 12.2 Å². The van der Waals surface area contributed by atoms with E-state index in [4.69, 9.17) is 11.6 Å². The normalized spacial score (nSPS) is 12.8. The van der Waals surface area contributed by atoms with Crippen LogP contribution in [-0.4, -0.2) is 38.7 Å². The molecule has 0 fully saturated rings. The van der Waals surface area contributed by atoms with E-state index < -0.39 is 9.84 Å². The summed E-state index contributed by atoms with van der Waals surface area (Å²) in [4.78, 5) is 30.0. The molecule has 11 heteroatoms. The molecule has 3 rings (SSSR count). The summed E-state index contributed by atoms with van der Waals surface area (Å²) < 4.78 is 25.4. The van der Waals surface area contributed by atoms with Gasteiger partial charge in [-0.2, -0.15) is 4.98 Å². The summed E-state index contributed by atoms with van der Waals surface area (Å²) in [7, 11) is -3.31. The highest BCUT2D eigenvalue weighted by molar-refractivity contribution is 7.91. The van der Waals surface area contributed by atoms with Gasteiger partial charge >= 0.3 is 0 Å². The van der Waals surface area contributed by atoms with Gasteiger partial charge in [0.15, 0.2) is 21.3 Å². The van der Waals surface area contributed by atoms with Crippen molar-refractivity contribution >= 4 is 38.4 Å². The van der Waals surface area contributed by atoms with E-state index in [1.54, 1.807) is 17.6 Å². The first-order valence-electron chi connectivity index (χ1n) is 9.63. The zero-order chi connectivity index (χ0) is 21.9. The Morgan fingerprint density at radius 1 is 1.17 bits per heavy atom. The second kappa shape index (κ2) is 9.05. The van der Waals surface area contributed by atoms with Crippen molar-refractivity contribution in [2.45, 2.75) is 51.1 Å². The molecule has 0 saturated heterocycles. The molecule has 0 aliphatic rings. The fourth-order valence-corrected chi connectivity index (χ4v) is 4.04. The molecule has 1 atom stereocenters. The summed E-state index contributed by atoms with van der Waals surface area (Å²) in [6.45, 7) is 5.77. The number of rotatable bonds is 8. The maximum atomic E-state index is 13.1. The molecule has 3 heterocycles. The van der Waals surface area contributed by atoms with Gasteiger partial charge in [0.1, 0.15) is 5.52 Å². The molecule has 9 nitrogen and oxygen atoms in total. The molecule has 0 saturated carbocycles. The monoisotopic (exact) mass is 450 g/mol. The number of pyridine rings is 1. The zero-order valence-electron chi connectivity index (χ0n) is 17.0. The standard InChI is InChI=1S/C19H23ClN6O3S/c1-4-6-12(3)26-17-15(11-23-19(20)25-17)24-16(18(26)27)22-9-13-7-8-14(10-21-13)30(28,29)5-2/h7-8,10-12H,4-6,9H2,1-3H3,(H,22,24)/t12-/m0/s1. The van der Waals surface area contributed by atoms with Crippen LogP contribution in [0.3, 0.4) is 0 Å². The van der Waals surface area contributed by atoms with Crippen LogP contribution in [0.2, 0.25) is 5.28 Å². The van der Waals surface area contributed by atoms with E-state index in [-0.39, 0.29) is 39.9 Å². The highest BCUT2D eigenvalue weighted by atomic mass is 35.5. The first-order valence-corrected chi connectivity index (χ1v) is 11.7. The van der Waals surface area contributed by atoms with Crippen molar-refractivity contribution in [1.82, 2.24) is 24.5 Å². The minimum absolute atomic E-state index is 0.00879. The number of sulfone groups is 1. The zero-order valence-corrected chi connectivity index (χ0v) is 18.5. The van der Waals surface area contributed by atoms with Crippen molar-refractivity contribution in [2.75, 3.05) is 11.1 Å². The van der Waals surface area contributed by atoms with Crippen molar-refractivity contribution in [3.05, 3.63) is 45.9 Å². The van der Waals surface area contributed by atoms with E-state index in [1.807, 2.05) is 13.8 Å². The summed E-state index contributed by atoms with van der Waals surface area (Å²) in [5.74, 6) is 0.151. The Labute approximate surface area is 179 Å². The Morgan fingerprint density at radius 2 is 1.93 bits per heavy atom. The summed E-state index contributed by atoms with van der Waals surface area (Å²) in [6.07, 6.45) is 4.49. The van der Waals surface area contributed by atoms with Gasteiger partial charge in [0.25, 0.3) is 5.56 Å². The molecular formula is C19H23ClN6O3S. The van der Waals surface area contributed by atoms with Crippen LogP contribution < -0.4 is 10.9 Å². The van der Waals surface area contributed by atoms with Crippen molar-refractivity contribution < 1.29 is 8.42 Å². The van der Waals surface area contributed by atoms with Crippen LogP contribution in [0, 0.1) is 0 Å². The molecule has 3 aromatic heterocycles. The Morgan fingerprint density at radius 3 is 2.57 bits per heavy atom. The van der Waals surface area contributed by atoms with Gasteiger partial charge in [0.05, 0.1) is 29.1 Å². The fraction of sp³-hybridized carbons (Fsp3) is 0.421. The maximum Gasteiger partial charge on any atom is 0.295 e. The number of fused-ring (bicyclic) bond motifs is 1. The largest absolute Gasteiger partial charge is 0.360 e. The second-order valence-electron chi connectivity index (χ2n) is 6.86. The molecule has 30 heavy (non-hydrogen) atoms. The lowest BCUT2D eigenvalue weighted by Gasteiger charge is -2.18. The van der Waals surface area contributed by atoms with Crippen LogP contribution >= 0.6 is 11.6 Å². The van der Waals surface area contributed by atoms with E-state index in [2.05, 4.69) is 25.3 Å². The molecule has 1 N–H and O–H groups in total. The minimum atomic E-state index is -3.31. The average Bonchev–Trinajstić information content (AvgIpc) is 2.73. The minimum Gasteiger partial charge on any atom is -0.360 e. The predicted molar refractivity (Wildman–Crippen MR) is 116 cm³/mol. The van der Waals surface area contributed by atoms with Gasteiger partial charge in [-0.25, -0.2) is 18.4 Å². The van der Waals surface area contributed by atoms with Crippen LogP contribution in [-0.2, 0) is 16.4 Å². The van der Waals surface area contributed by atoms with Gasteiger partial charge in [0.2, 0.25) is 5.28 Å². The van der Waals surface area contributed by atoms with E-state index in [1.165, 1.54) is 18.5 Å². The molecule has 0 spiro atoms. The van der Waals surface area contributed by atoms with E-state index >= 15 is 0 Å². The van der Waals surface area contributed by atoms with Gasteiger partial charge < -0.3 is 5.32 Å². The van der Waals surface area contributed by atoms with Crippen LogP contribution in [0.25, 0.3) is 11.2 Å². The lowest BCUT2D eigenvalue weighted by atomic mass is 10.2. The lowest BCUT2D eigenvalue weighted by Crippen LogP contribution is -2.28. The second-order valence-corrected chi connectivity index (χ2v) is 9.48. The number of anilines is 1. The Balaban J connectivity index is 1.94. The number of hydrogen-bond acceptors (Lipinski definition) is 8. The third kappa shape index (κ3) is 4.59. The molecule has 0 amide bonds. The summed E-state index contributed by atoms with van der Waals surface area (Å²) >= 11 is 5.93. The molecular weight excluding hydrogens is 428 g/mol. The lowest BCUT2D eigenvalue weighted by molar-refractivity contribution is 0.497. The molecule has 0 bridgehead atoms. The third-order valence-corrected chi connectivity index (χ3v) is 6.63. The van der Waals surface area contributed by atoms with E-state index in [9.17, 15) is 13.2 Å². The van der Waals surface area contributed by atoms with Crippen molar-refractivity contribution in [3.63, 3.8) is 0 Å². The first-order chi connectivity index (χ1) is 14.3. The Kier molecular flexibility index (Phi) is 6.67. The van der Waals surface area contributed by atoms with Crippen LogP contribution in [0.15, 0.2) is 34.2 Å². The van der Waals surface area contributed by atoms with Crippen molar-refractivity contribution in [2.24, 2.45) is 0 Å². The molecule has 160 valence electrons. The number of hydrogen-bond donors (Lipinski definition) is 1. The average molecular weight is 451 g/mol. The third-order valence-electron chi connectivity index (χ3n) is 4.72. The molecule has 0 radical (unpaired) electrons. The van der Waals surface area contributed by atoms with E-state index in [0.29, 0.717) is 16.9 Å². The number of nitrogens with zero attached hydrogens (tertiary/aromatic N) is 5. The SMILES string of the molecule is CCC[C@H](C)n1c(=O)c(NCc2ccc(S(=O)(=O)CC)cn2)nc2cnc(Cl)nc21. The Hall–Kier alpha value is -2.59. The summed E-state index contributed by atoms with van der Waals surface area (Å²) in [5.41, 5.74) is 1.09. The fourth-order valence-electron chi connectivity index (χ4n) is 3.09. The molecule has 0 aromatic carbocycles. The summed E-state index contributed by atoms with van der Waals surface area (Å²) in [6, 6.07) is 3.02. The highest BCUT2D eigenvalue weighted by Gasteiger charge is 2.17. The quantitative estimate of drug-likeness (QED) is 0.520. The van der Waals surface area contributed by atoms with Crippen molar-refractivity contribution in [3.8, 4) is 0 Å². The topological polar surface area (TPSA) is 120 Å². The van der Waals surface area contributed by atoms with Crippen LogP contribution in [0.5, 0.6) is 0 Å². The molecule has 0 unspecified atom stereocenters. The predicted octanol–water partition coefficient (Wildman–Crippen LogP) is 3.00.